The van der Waals surface area contributed by atoms with Crippen molar-refractivity contribution in [2.75, 3.05) is 0 Å². The van der Waals surface area contributed by atoms with Crippen LogP contribution in [0.25, 0.3) is 0 Å². The summed E-state index contributed by atoms with van der Waals surface area (Å²) in [5, 5.41) is -7.07. The van der Waals surface area contributed by atoms with Crippen molar-refractivity contribution in [3.63, 3.8) is 0 Å². The van der Waals surface area contributed by atoms with E-state index in [2.05, 4.69) is 11.6 Å². The van der Waals surface area contributed by atoms with Gasteiger partial charge < -0.3 is 4.90 Å². The zero-order valence-corrected chi connectivity index (χ0v) is 21.6. The molecule has 0 bridgehead atoms. The molecule has 0 saturated carbocycles. The molecule has 0 spiro atoms. The molecule has 1 amide bonds. The van der Waals surface area contributed by atoms with Crippen molar-refractivity contribution in [2.45, 2.75) is 111 Å². The van der Waals surface area contributed by atoms with E-state index in [1.165, 1.54) is 0 Å². The van der Waals surface area contributed by atoms with Crippen molar-refractivity contribution in [1.82, 2.24) is 4.90 Å². The Hall–Kier alpha value is -1.64. The van der Waals surface area contributed by atoms with Crippen molar-refractivity contribution in [1.29, 1.82) is 0 Å². The monoisotopic (exact) mass is 691 g/mol. The van der Waals surface area contributed by atoms with Crippen LogP contribution >= 0.6 is 11.6 Å². The molecular weight excluding hydrogens is 674 g/mol. The number of nitrogens with zero attached hydrogens (tertiary/aromatic N) is 1. The van der Waals surface area contributed by atoms with Crippen LogP contribution < -0.4 is 0 Å². The van der Waals surface area contributed by atoms with Gasteiger partial charge in [-0.25, -0.2) is 0 Å². The lowest BCUT2D eigenvalue weighted by molar-refractivity contribution is -0.465. The normalized spacial score (nSPS) is 17.3. The van der Waals surface area contributed by atoms with Crippen LogP contribution in [-0.4, -0.2) is 81.6 Å². The largest absolute Gasteiger partial charge is 0.393 e. The fourth-order valence-corrected chi connectivity index (χ4v) is 3.20. The van der Waals surface area contributed by atoms with Gasteiger partial charge in [0.15, 0.2) is 0 Å². The molecule has 2 unspecified atom stereocenters. The molecule has 42 heavy (non-hydrogen) atoms. The van der Waals surface area contributed by atoms with Gasteiger partial charge in [-0.15, -0.1) is 0 Å². The molecular formula is C19H18ClF20NO. The highest BCUT2D eigenvalue weighted by atomic mass is 35.5. The fraction of sp³-hybridized carbons (Fsp3) is 0.947. The van der Waals surface area contributed by atoms with E-state index in [4.69, 9.17) is 0 Å². The van der Waals surface area contributed by atoms with Crippen LogP contribution in [0.4, 0.5) is 87.8 Å². The quantitative estimate of drug-likeness (QED) is 0.132. The van der Waals surface area contributed by atoms with Gasteiger partial charge in [-0.2, -0.15) is 87.8 Å². The summed E-state index contributed by atoms with van der Waals surface area (Å²) in [6.07, 6.45) is -0.881. The summed E-state index contributed by atoms with van der Waals surface area (Å²) < 4.78 is 274. The van der Waals surface area contributed by atoms with Crippen LogP contribution in [0.3, 0.4) is 0 Å². The first-order valence-electron chi connectivity index (χ1n) is 10.8. The molecule has 0 aliphatic rings. The van der Waals surface area contributed by atoms with Gasteiger partial charge in [0, 0.05) is 12.1 Å². The molecule has 0 aromatic heterocycles. The number of carbonyl (C=O) groups excluding carboxylic acids is 1. The molecule has 2 nitrogen and oxygen atoms in total. The predicted molar refractivity (Wildman–Crippen MR) is 102 cm³/mol. The molecule has 0 radical (unpaired) electrons. The van der Waals surface area contributed by atoms with Crippen LogP contribution in [0.1, 0.15) is 40.5 Å². The van der Waals surface area contributed by atoms with Crippen LogP contribution in [-0.2, 0) is 4.79 Å². The first-order chi connectivity index (χ1) is 18.0. The van der Waals surface area contributed by atoms with Gasteiger partial charge in [-0.1, -0.05) is 13.8 Å². The van der Waals surface area contributed by atoms with E-state index in [9.17, 15) is 92.6 Å². The van der Waals surface area contributed by atoms with Crippen molar-refractivity contribution in [3.05, 3.63) is 0 Å². The first-order valence-corrected chi connectivity index (χ1v) is 11.2. The lowest BCUT2D eigenvalue weighted by Crippen LogP contribution is -2.77. The van der Waals surface area contributed by atoms with Crippen molar-refractivity contribution in [2.24, 2.45) is 0 Å². The Bertz CT molecular complexity index is 965. The number of amides is 1. The average molecular weight is 692 g/mol. The molecule has 2 atom stereocenters. The molecule has 0 aromatic carbocycles. The van der Waals surface area contributed by atoms with Crippen molar-refractivity contribution < 1.29 is 92.6 Å². The second-order valence-electron chi connectivity index (χ2n) is 8.89. The summed E-state index contributed by atoms with van der Waals surface area (Å²) >= 11 is 3.36. The second kappa shape index (κ2) is 11.1. The van der Waals surface area contributed by atoms with Gasteiger partial charge in [0.25, 0.3) is 5.91 Å². The zero-order chi connectivity index (χ0) is 34.7. The van der Waals surface area contributed by atoms with E-state index < -0.39 is 89.5 Å². The third-order valence-corrected chi connectivity index (χ3v) is 6.38. The summed E-state index contributed by atoms with van der Waals surface area (Å²) in [4.78, 5) is 11.8. The fourth-order valence-electron chi connectivity index (χ4n) is 3.08. The highest BCUT2D eigenvalue weighted by molar-refractivity contribution is 6.22. The number of rotatable bonds is 14. The van der Waals surface area contributed by atoms with E-state index in [0.29, 0.717) is 0 Å². The third-order valence-electron chi connectivity index (χ3n) is 6.15. The van der Waals surface area contributed by atoms with E-state index >= 15 is 0 Å². The molecule has 0 aliphatic heterocycles. The Morgan fingerprint density at radius 3 is 0.929 bits per heavy atom. The molecule has 23 heteroatoms. The van der Waals surface area contributed by atoms with E-state index in [0.717, 1.165) is 27.7 Å². The average Bonchev–Trinajstić information content (AvgIpc) is 2.81. The van der Waals surface area contributed by atoms with Gasteiger partial charge >= 0.3 is 58.7 Å². The van der Waals surface area contributed by atoms with E-state index in [1.807, 2.05) is 0 Å². The predicted octanol–water partition coefficient (Wildman–Crippen LogP) is 8.96. The Labute approximate surface area is 227 Å². The highest BCUT2D eigenvalue weighted by Crippen LogP contribution is 2.66. The van der Waals surface area contributed by atoms with E-state index in [-0.39, 0.29) is 4.90 Å². The molecule has 0 fully saturated rings. The Morgan fingerprint density at radius 1 is 0.500 bits per heavy atom. The Balaban J connectivity index is 7.26. The minimum Gasteiger partial charge on any atom is -0.332 e. The molecule has 0 rings (SSSR count). The minimum atomic E-state index is -9.16. The maximum absolute atomic E-state index is 14.4. The van der Waals surface area contributed by atoms with Crippen LogP contribution in [0.5, 0.6) is 0 Å². The molecule has 0 aromatic rings. The highest BCUT2D eigenvalue weighted by Gasteiger charge is 2.98. The summed E-state index contributed by atoms with van der Waals surface area (Å²) in [5.74, 6) is -80.8. The summed E-state index contributed by atoms with van der Waals surface area (Å²) in [6, 6.07) is -3.23. The topological polar surface area (TPSA) is 20.3 Å². The van der Waals surface area contributed by atoms with Gasteiger partial charge in [-0.05, 0) is 38.3 Å². The van der Waals surface area contributed by atoms with Crippen LogP contribution in [0, 0.1) is 0 Å². The zero-order valence-electron chi connectivity index (χ0n) is 20.9. The molecule has 0 heterocycles. The number of hydrogen-bond donors (Lipinski definition) is 0. The number of hydrogen-bond acceptors (Lipinski definition) is 1. The molecule has 0 saturated heterocycles. The molecule has 0 N–H and O–H groups in total. The summed E-state index contributed by atoms with van der Waals surface area (Å²) in [5.41, 5.74) is 0. The smallest absolute Gasteiger partial charge is 0.332 e. The standard InChI is InChI=1S/C19H18ClF20NO/c1-5-7(3)41(8(4)6-2)9(42)10(21,22)11(23,24)12(25,26)13(27,28)14(29,30)15(31,32)16(33,34)17(35,36)18(37,38)19(20,39)40/h7-8H,5-6H2,1-4H3. The van der Waals surface area contributed by atoms with Gasteiger partial charge in [0.1, 0.15) is 0 Å². The maximum atomic E-state index is 14.4. The van der Waals surface area contributed by atoms with Gasteiger partial charge in [-0.3, -0.25) is 4.79 Å². The number of alkyl halides is 21. The molecule has 0 aliphatic carbocycles. The maximum Gasteiger partial charge on any atom is 0.393 e. The Kier molecular flexibility index (Phi) is 10.6. The number of carbonyl (C=O) groups is 1. The van der Waals surface area contributed by atoms with E-state index in [1.54, 1.807) is 0 Å². The number of halogens is 21. The van der Waals surface area contributed by atoms with Crippen LogP contribution in [0.15, 0.2) is 0 Å². The lowest BCUT2D eigenvalue weighted by Gasteiger charge is -2.45. The Morgan fingerprint density at radius 2 is 0.714 bits per heavy atom. The third kappa shape index (κ3) is 5.21. The lowest BCUT2D eigenvalue weighted by atomic mass is 9.86. The summed E-state index contributed by atoms with van der Waals surface area (Å²) in [7, 11) is 0. The molecule has 252 valence electrons. The van der Waals surface area contributed by atoms with Crippen LogP contribution in [0.2, 0.25) is 0 Å². The first kappa shape index (κ1) is 40.4. The van der Waals surface area contributed by atoms with Crippen molar-refractivity contribution >= 4 is 17.5 Å². The SMILES string of the molecule is CCC(C)N(C(=O)C(F)(F)C(F)(F)C(F)(F)C(F)(F)C(F)(F)C(F)(F)C(F)(F)C(F)(F)C(F)(F)C(F)(F)Cl)C(C)CC. The minimum absolute atomic E-state index is 0.321. The summed E-state index contributed by atoms with van der Waals surface area (Å²) in [6.45, 7) is 3.77. The van der Waals surface area contributed by atoms with Crippen molar-refractivity contribution in [3.8, 4) is 0 Å². The van der Waals surface area contributed by atoms with Gasteiger partial charge in [0.2, 0.25) is 0 Å². The second-order valence-corrected chi connectivity index (χ2v) is 9.37. The van der Waals surface area contributed by atoms with Gasteiger partial charge in [0.05, 0.1) is 0 Å².